The number of pyridine rings is 1. The number of halogens is 4. The molecule has 0 atom stereocenters. The second-order valence-electron chi connectivity index (χ2n) is 7.21. The first-order chi connectivity index (χ1) is 13.7. The Hall–Kier alpha value is -2.29. The van der Waals surface area contributed by atoms with Gasteiger partial charge in [-0.15, -0.1) is 0 Å². The number of nitrogens with zero attached hydrogens (tertiary/aromatic N) is 4. The van der Waals surface area contributed by atoms with Crippen molar-refractivity contribution in [2.75, 3.05) is 24.5 Å². The molecule has 0 aromatic carbocycles. The summed E-state index contributed by atoms with van der Waals surface area (Å²) in [5, 5.41) is 7.05. The molecule has 2 aromatic heterocycles. The van der Waals surface area contributed by atoms with Gasteiger partial charge in [-0.2, -0.15) is 18.3 Å². The van der Waals surface area contributed by atoms with Crippen LogP contribution in [0.4, 0.5) is 19.0 Å². The van der Waals surface area contributed by atoms with Gasteiger partial charge in [0.05, 0.1) is 16.8 Å². The molecule has 0 spiro atoms. The van der Waals surface area contributed by atoms with E-state index in [9.17, 15) is 18.0 Å². The van der Waals surface area contributed by atoms with Gasteiger partial charge < -0.3 is 10.2 Å². The van der Waals surface area contributed by atoms with E-state index >= 15 is 0 Å². The molecule has 2 aromatic rings. The van der Waals surface area contributed by atoms with Crippen LogP contribution in [0, 0.1) is 5.92 Å². The van der Waals surface area contributed by atoms with Crippen molar-refractivity contribution in [2.24, 2.45) is 13.0 Å². The highest BCUT2D eigenvalue weighted by molar-refractivity contribution is 6.33. The van der Waals surface area contributed by atoms with Crippen LogP contribution in [0.3, 0.4) is 0 Å². The lowest BCUT2D eigenvalue weighted by Crippen LogP contribution is -2.41. The fourth-order valence-electron chi connectivity index (χ4n) is 3.42. The van der Waals surface area contributed by atoms with Crippen molar-refractivity contribution in [3.8, 4) is 0 Å². The first-order valence-corrected chi connectivity index (χ1v) is 9.85. The number of amides is 1. The highest BCUT2D eigenvalue weighted by Gasteiger charge is 2.33. The van der Waals surface area contributed by atoms with Crippen LogP contribution in [0.15, 0.2) is 24.7 Å². The lowest BCUT2D eigenvalue weighted by atomic mass is 9.96. The van der Waals surface area contributed by atoms with Crippen molar-refractivity contribution in [2.45, 2.75) is 31.9 Å². The van der Waals surface area contributed by atoms with Crippen LogP contribution >= 0.6 is 11.6 Å². The van der Waals surface area contributed by atoms with E-state index in [0.717, 1.165) is 30.7 Å². The predicted octanol–water partition coefficient (Wildman–Crippen LogP) is 3.45. The lowest BCUT2D eigenvalue weighted by molar-refractivity contribution is -0.137. The largest absolute Gasteiger partial charge is 0.417 e. The molecule has 1 amide bonds. The summed E-state index contributed by atoms with van der Waals surface area (Å²) in [6.07, 6.45) is 2.99. The van der Waals surface area contributed by atoms with Gasteiger partial charge >= 0.3 is 6.18 Å². The third-order valence-corrected chi connectivity index (χ3v) is 5.29. The SMILES string of the molecule is Cn1cc(CCCNC(=O)C2CCN(c3ncc(C(F)(F)F)cc3Cl)CC2)cn1. The molecule has 3 heterocycles. The maximum absolute atomic E-state index is 12.7. The van der Waals surface area contributed by atoms with Crippen molar-refractivity contribution in [1.82, 2.24) is 20.1 Å². The maximum atomic E-state index is 12.7. The Kier molecular flexibility index (Phi) is 6.66. The number of hydrogen-bond acceptors (Lipinski definition) is 4. The van der Waals surface area contributed by atoms with Crippen LogP contribution in [0.1, 0.15) is 30.4 Å². The van der Waals surface area contributed by atoms with E-state index in [1.165, 1.54) is 0 Å². The van der Waals surface area contributed by atoms with Gasteiger partial charge in [0.1, 0.15) is 5.82 Å². The molecule has 1 N–H and O–H groups in total. The molecule has 1 saturated heterocycles. The van der Waals surface area contributed by atoms with Crippen molar-refractivity contribution >= 4 is 23.3 Å². The van der Waals surface area contributed by atoms with Gasteiger partial charge in [0.15, 0.2) is 0 Å². The van der Waals surface area contributed by atoms with Crippen LogP contribution < -0.4 is 10.2 Å². The molecule has 0 unspecified atom stereocenters. The van der Waals surface area contributed by atoms with E-state index in [4.69, 9.17) is 11.6 Å². The summed E-state index contributed by atoms with van der Waals surface area (Å²) in [6, 6.07) is 0.894. The van der Waals surface area contributed by atoms with Crippen molar-refractivity contribution in [3.63, 3.8) is 0 Å². The Morgan fingerprint density at radius 3 is 2.62 bits per heavy atom. The zero-order valence-corrected chi connectivity index (χ0v) is 16.8. The van der Waals surface area contributed by atoms with Crippen LogP contribution in [-0.4, -0.2) is 40.3 Å². The minimum Gasteiger partial charge on any atom is -0.356 e. The van der Waals surface area contributed by atoms with Gasteiger partial charge in [-0.25, -0.2) is 4.98 Å². The second-order valence-corrected chi connectivity index (χ2v) is 7.61. The third-order valence-electron chi connectivity index (χ3n) is 5.01. The van der Waals surface area contributed by atoms with E-state index in [2.05, 4.69) is 15.4 Å². The average Bonchev–Trinajstić information content (AvgIpc) is 3.09. The van der Waals surface area contributed by atoms with Gasteiger partial charge in [0.25, 0.3) is 0 Å². The van der Waals surface area contributed by atoms with E-state index < -0.39 is 11.7 Å². The monoisotopic (exact) mass is 429 g/mol. The predicted molar refractivity (Wildman–Crippen MR) is 104 cm³/mol. The number of alkyl halides is 3. The molecule has 158 valence electrons. The average molecular weight is 430 g/mol. The molecular formula is C19H23ClF3N5O. The number of rotatable bonds is 6. The summed E-state index contributed by atoms with van der Waals surface area (Å²) in [6.45, 7) is 1.64. The van der Waals surface area contributed by atoms with Crippen LogP contribution in [0.5, 0.6) is 0 Å². The summed E-state index contributed by atoms with van der Waals surface area (Å²) < 4.78 is 40.0. The van der Waals surface area contributed by atoms with Crippen LogP contribution in [-0.2, 0) is 24.4 Å². The number of nitrogens with one attached hydrogen (secondary N) is 1. The molecule has 10 heteroatoms. The molecule has 29 heavy (non-hydrogen) atoms. The number of aryl methyl sites for hydroxylation is 2. The second kappa shape index (κ2) is 9.02. The molecular weight excluding hydrogens is 407 g/mol. The summed E-state index contributed by atoms with van der Waals surface area (Å²) in [5.74, 6) is 0.232. The molecule has 1 fully saturated rings. The molecule has 1 aliphatic rings. The summed E-state index contributed by atoms with van der Waals surface area (Å²) >= 11 is 6.01. The Morgan fingerprint density at radius 2 is 2.03 bits per heavy atom. The Morgan fingerprint density at radius 1 is 1.31 bits per heavy atom. The molecule has 0 radical (unpaired) electrons. The highest BCUT2D eigenvalue weighted by atomic mass is 35.5. The molecule has 3 rings (SSSR count). The van der Waals surface area contributed by atoms with E-state index in [0.29, 0.717) is 38.3 Å². The van der Waals surface area contributed by atoms with Crippen molar-refractivity contribution < 1.29 is 18.0 Å². The smallest absolute Gasteiger partial charge is 0.356 e. The number of piperidine rings is 1. The lowest BCUT2D eigenvalue weighted by Gasteiger charge is -2.32. The van der Waals surface area contributed by atoms with E-state index in [1.54, 1.807) is 4.68 Å². The normalized spacial score (nSPS) is 15.6. The number of hydrogen-bond donors (Lipinski definition) is 1. The van der Waals surface area contributed by atoms with Crippen molar-refractivity contribution in [1.29, 1.82) is 0 Å². The summed E-state index contributed by atoms with van der Waals surface area (Å²) in [4.78, 5) is 18.1. The number of carbonyl (C=O) groups excluding carboxylic acids is 1. The number of carbonyl (C=O) groups is 1. The van der Waals surface area contributed by atoms with Gasteiger partial charge in [-0.1, -0.05) is 11.6 Å². The zero-order chi connectivity index (χ0) is 21.0. The first kappa shape index (κ1) is 21.4. The molecule has 1 aliphatic heterocycles. The topological polar surface area (TPSA) is 63.1 Å². The Balaban J connectivity index is 1.44. The molecule has 6 nitrogen and oxygen atoms in total. The zero-order valence-electron chi connectivity index (χ0n) is 16.0. The van der Waals surface area contributed by atoms with Gasteiger partial charge in [0, 0.05) is 45.0 Å². The number of aromatic nitrogens is 3. The Labute approximate surface area is 172 Å². The van der Waals surface area contributed by atoms with Crippen LogP contribution in [0.25, 0.3) is 0 Å². The minimum absolute atomic E-state index is 0.0160. The van der Waals surface area contributed by atoms with Gasteiger partial charge in [0.2, 0.25) is 5.91 Å². The fourth-order valence-corrected chi connectivity index (χ4v) is 3.71. The van der Waals surface area contributed by atoms with Crippen LogP contribution in [0.2, 0.25) is 5.02 Å². The van der Waals surface area contributed by atoms with Gasteiger partial charge in [-0.3, -0.25) is 9.48 Å². The van der Waals surface area contributed by atoms with E-state index in [1.807, 2.05) is 24.3 Å². The standard InChI is InChI=1S/C19H23ClF3N5O/c1-27-12-13(10-26-27)3-2-6-24-18(29)14-4-7-28(8-5-14)17-16(20)9-15(11-25-17)19(21,22)23/h9-12,14H,2-8H2,1H3,(H,24,29). The maximum Gasteiger partial charge on any atom is 0.417 e. The molecule has 0 saturated carbocycles. The first-order valence-electron chi connectivity index (χ1n) is 9.47. The fraction of sp³-hybridized carbons (Fsp3) is 0.526. The highest BCUT2D eigenvalue weighted by Crippen LogP contribution is 2.34. The molecule has 0 aliphatic carbocycles. The molecule has 0 bridgehead atoms. The Bertz CT molecular complexity index is 847. The van der Waals surface area contributed by atoms with Gasteiger partial charge in [-0.05, 0) is 37.3 Å². The van der Waals surface area contributed by atoms with E-state index in [-0.39, 0.29) is 16.8 Å². The quantitative estimate of drug-likeness (QED) is 0.714. The minimum atomic E-state index is -4.47. The number of anilines is 1. The third kappa shape index (κ3) is 5.62. The summed E-state index contributed by atoms with van der Waals surface area (Å²) in [7, 11) is 1.87. The van der Waals surface area contributed by atoms with Crippen molar-refractivity contribution in [3.05, 3.63) is 40.8 Å². The summed E-state index contributed by atoms with van der Waals surface area (Å²) in [5.41, 5.74) is 0.266.